The van der Waals surface area contributed by atoms with Crippen LogP contribution in [0.1, 0.15) is 17.9 Å². The van der Waals surface area contributed by atoms with E-state index in [9.17, 15) is 18.3 Å². The van der Waals surface area contributed by atoms with Gasteiger partial charge in [0, 0.05) is 51.6 Å². The number of aliphatic hydroxyl groups is 1. The van der Waals surface area contributed by atoms with Crippen LogP contribution < -0.4 is 9.47 Å². The van der Waals surface area contributed by atoms with E-state index >= 15 is 0 Å². The van der Waals surface area contributed by atoms with Crippen molar-refractivity contribution in [2.24, 2.45) is 0 Å². The molecule has 0 saturated carbocycles. The minimum absolute atomic E-state index is 0.00532. The third-order valence-electron chi connectivity index (χ3n) is 7.29. The normalized spacial score (nSPS) is 19.9. The summed E-state index contributed by atoms with van der Waals surface area (Å²) in [6, 6.07) is 13.7. The Kier molecular flexibility index (Phi) is 10.6. The average Bonchev–Trinajstić information content (AvgIpc) is 3.00. The van der Waals surface area contributed by atoms with E-state index in [1.807, 2.05) is 37.4 Å². The number of carbonyl (C=O) groups excluding carboxylic acids is 1. The molecule has 2 heterocycles. The smallest absolute Gasteiger partial charge is 0.288 e. The first-order chi connectivity index (χ1) is 19.7. The largest absolute Gasteiger partial charge is 0.497 e. The van der Waals surface area contributed by atoms with Crippen molar-refractivity contribution in [1.29, 1.82) is 0 Å². The number of hydrogen-bond acceptors (Lipinski definition) is 9. The first-order valence-corrected chi connectivity index (χ1v) is 15.1. The lowest BCUT2D eigenvalue weighted by atomic mass is 9.92. The number of allylic oxidation sites excluding steroid dienone is 1. The van der Waals surface area contributed by atoms with Gasteiger partial charge < -0.3 is 33.9 Å². The number of benzene rings is 2. The topological polar surface area (TPSA) is 118 Å². The first kappa shape index (κ1) is 30.8. The Balaban J connectivity index is 1.47. The standard InChI is InChI=1S/C29H39N3O8S/c1-30-12-14-31(15-13-30)29(34)27-20-23(22-4-6-24(37-2)7-5-22)21-28(40-27)39-19-17-32(16-18-33)41(35,36)26-10-8-25(38-3)9-11-26/h4-11,20,23,28,33H,12-19,21H2,1-3H3/t23-,28+/m0/s1. The number of aliphatic hydroxyl groups excluding tert-OH is 1. The summed E-state index contributed by atoms with van der Waals surface area (Å²) < 4.78 is 50.1. The maximum absolute atomic E-state index is 13.4. The van der Waals surface area contributed by atoms with Crippen LogP contribution in [0.2, 0.25) is 0 Å². The summed E-state index contributed by atoms with van der Waals surface area (Å²) in [5.74, 6) is 1.16. The Bertz CT molecular complexity index is 1280. The van der Waals surface area contributed by atoms with Crippen molar-refractivity contribution in [3.8, 4) is 11.5 Å². The average molecular weight is 590 g/mol. The van der Waals surface area contributed by atoms with Gasteiger partial charge in [-0.3, -0.25) is 4.79 Å². The Morgan fingerprint density at radius 2 is 1.59 bits per heavy atom. The highest BCUT2D eigenvalue weighted by Crippen LogP contribution is 2.33. The zero-order valence-corrected chi connectivity index (χ0v) is 24.6. The lowest BCUT2D eigenvalue weighted by Gasteiger charge is -2.35. The first-order valence-electron chi connectivity index (χ1n) is 13.6. The van der Waals surface area contributed by atoms with Crippen LogP contribution >= 0.6 is 0 Å². The van der Waals surface area contributed by atoms with E-state index in [2.05, 4.69) is 4.90 Å². The van der Waals surface area contributed by atoms with Gasteiger partial charge in [0.1, 0.15) is 11.5 Å². The number of ether oxygens (including phenoxy) is 4. The molecule has 2 aliphatic heterocycles. The molecule has 1 saturated heterocycles. The molecule has 41 heavy (non-hydrogen) atoms. The quantitative estimate of drug-likeness (QED) is 0.396. The molecule has 0 radical (unpaired) electrons. The number of sulfonamides is 1. The molecule has 0 spiro atoms. The molecule has 2 atom stereocenters. The predicted molar refractivity (Wildman–Crippen MR) is 152 cm³/mol. The van der Waals surface area contributed by atoms with Crippen LogP contribution in [-0.4, -0.2) is 114 Å². The summed E-state index contributed by atoms with van der Waals surface area (Å²) in [4.78, 5) is 17.4. The second kappa shape index (κ2) is 14.1. The van der Waals surface area contributed by atoms with Crippen molar-refractivity contribution in [3.05, 3.63) is 65.9 Å². The molecule has 224 valence electrons. The van der Waals surface area contributed by atoms with E-state index < -0.39 is 16.3 Å². The number of rotatable bonds is 12. The van der Waals surface area contributed by atoms with E-state index in [0.717, 1.165) is 24.4 Å². The van der Waals surface area contributed by atoms with Gasteiger partial charge >= 0.3 is 0 Å². The highest BCUT2D eigenvalue weighted by Gasteiger charge is 2.32. The minimum atomic E-state index is -3.89. The zero-order chi connectivity index (χ0) is 29.4. The predicted octanol–water partition coefficient (Wildman–Crippen LogP) is 1.89. The van der Waals surface area contributed by atoms with E-state index in [4.69, 9.17) is 18.9 Å². The summed E-state index contributed by atoms with van der Waals surface area (Å²) >= 11 is 0. The van der Waals surface area contributed by atoms with Crippen LogP contribution in [0.25, 0.3) is 0 Å². The molecule has 0 bridgehead atoms. The van der Waals surface area contributed by atoms with E-state index in [-0.39, 0.29) is 48.8 Å². The molecule has 2 aromatic carbocycles. The van der Waals surface area contributed by atoms with Crippen LogP contribution in [0.5, 0.6) is 11.5 Å². The van der Waals surface area contributed by atoms with Crippen LogP contribution in [0.15, 0.2) is 65.3 Å². The van der Waals surface area contributed by atoms with Gasteiger partial charge in [0.05, 0.1) is 32.3 Å². The SMILES string of the molecule is COc1ccc([C@H]2C=C(C(=O)N3CCN(C)CC3)O[C@@H](OCCN(CCO)S(=O)(=O)c3ccc(OC)cc3)C2)cc1. The fourth-order valence-electron chi connectivity index (χ4n) is 4.81. The number of piperazine rings is 1. The number of carbonyl (C=O) groups is 1. The highest BCUT2D eigenvalue weighted by molar-refractivity contribution is 7.89. The van der Waals surface area contributed by atoms with Crippen LogP contribution in [0, 0.1) is 0 Å². The molecule has 0 aromatic heterocycles. The summed E-state index contributed by atoms with van der Waals surface area (Å²) in [5, 5.41) is 9.56. The van der Waals surface area contributed by atoms with Gasteiger partial charge in [-0.2, -0.15) is 4.31 Å². The van der Waals surface area contributed by atoms with E-state index in [1.165, 1.54) is 23.5 Å². The summed E-state index contributed by atoms with van der Waals surface area (Å²) in [6.07, 6.45) is 1.52. The Morgan fingerprint density at radius 1 is 0.976 bits per heavy atom. The molecule has 1 fully saturated rings. The van der Waals surface area contributed by atoms with Gasteiger partial charge in [-0.05, 0) is 55.1 Å². The van der Waals surface area contributed by atoms with Crippen LogP contribution in [0.3, 0.4) is 0 Å². The maximum Gasteiger partial charge on any atom is 0.288 e. The molecular weight excluding hydrogens is 550 g/mol. The van der Waals surface area contributed by atoms with E-state index in [1.54, 1.807) is 24.1 Å². The number of methoxy groups -OCH3 is 2. The maximum atomic E-state index is 13.4. The minimum Gasteiger partial charge on any atom is -0.497 e. The second-order valence-electron chi connectivity index (χ2n) is 9.96. The molecule has 4 rings (SSSR count). The van der Waals surface area contributed by atoms with E-state index in [0.29, 0.717) is 25.3 Å². The summed E-state index contributed by atoms with van der Waals surface area (Å²) in [7, 11) is 1.25. The lowest BCUT2D eigenvalue weighted by molar-refractivity contribution is -0.153. The van der Waals surface area contributed by atoms with Crippen molar-refractivity contribution >= 4 is 15.9 Å². The van der Waals surface area contributed by atoms with Gasteiger partial charge in [0.15, 0.2) is 5.76 Å². The molecule has 1 amide bonds. The molecule has 2 aliphatic rings. The van der Waals surface area contributed by atoms with Crippen molar-refractivity contribution in [2.45, 2.75) is 23.5 Å². The Hall–Kier alpha value is -3.16. The van der Waals surface area contributed by atoms with Gasteiger partial charge in [-0.25, -0.2) is 8.42 Å². The van der Waals surface area contributed by atoms with Crippen molar-refractivity contribution in [2.75, 3.05) is 73.7 Å². The summed E-state index contributed by atoms with van der Waals surface area (Å²) in [5.41, 5.74) is 0.982. The monoisotopic (exact) mass is 589 g/mol. The lowest BCUT2D eigenvalue weighted by Crippen LogP contribution is -2.48. The van der Waals surface area contributed by atoms with Crippen molar-refractivity contribution in [3.63, 3.8) is 0 Å². The third-order valence-corrected chi connectivity index (χ3v) is 9.21. The number of nitrogens with zero attached hydrogens (tertiary/aromatic N) is 3. The molecule has 0 aliphatic carbocycles. The Morgan fingerprint density at radius 3 is 2.17 bits per heavy atom. The highest BCUT2D eigenvalue weighted by atomic mass is 32.2. The Labute approximate surface area is 241 Å². The zero-order valence-electron chi connectivity index (χ0n) is 23.8. The van der Waals surface area contributed by atoms with Crippen LogP contribution in [0.4, 0.5) is 0 Å². The van der Waals surface area contributed by atoms with Gasteiger partial charge in [0.2, 0.25) is 16.3 Å². The molecule has 12 heteroatoms. The molecule has 1 N–H and O–H groups in total. The molecule has 0 unspecified atom stereocenters. The molecule has 11 nitrogen and oxygen atoms in total. The fraction of sp³-hybridized carbons (Fsp3) is 0.483. The summed E-state index contributed by atoms with van der Waals surface area (Å²) in [6.45, 7) is 2.33. The van der Waals surface area contributed by atoms with Gasteiger partial charge in [0.25, 0.3) is 5.91 Å². The molecular formula is C29H39N3O8S. The number of hydrogen-bond donors (Lipinski definition) is 1. The van der Waals surface area contributed by atoms with Crippen LogP contribution in [-0.2, 0) is 24.3 Å². The molecule has 2 aromatic rings. The van der Waals surface area contributed by atoms with Gasteiger partial charge in [-0.15, -0.1) is 0 Å². The second-order valence-corrected chi connectivity index (χ2v) is 11.9. The number of likely N-dealkylation sites (N-methyl/N-ethyl adjacent to an activating group) is 1. The number of amides is 1. The van der Waals surface area contributed by atoms with Gasteiger partial charge in [-0.1, -0.05) is 12.1 Å². The fourth-order valence-corrected chi connectivity index (χ4v) is 6.22. The third kappa shape index (κ3) is 7.77. The van der Waals surface area contributed by atoms with Crippen molar-refractivity contribution in [1.82, 2.24) is 14.1 Å². The van der Waals surface area contributed by atoms with Crippen molar-refractivity contribution < 1.29 is 37.3 Å².